The predicted molar refractivity (Wildman–Crippen MR) is 106 cm³/mol. The van der Waals surface area contributed by atoms with E-state index in [1.807, 2.05) is 43.3 Å². The lowest BCUT2D eigenvalue weighted by atomic mass is 9.88. The minimum Gasteiger partial charge on any atom is -0.463 e. The number of benzene rings is 1. The molecule has 1 saturated carbocycles. The van der Waals surface area contributed by atoms with Crippen molar-refractivity contribution in [2.45, 2.75) is 52.1 Å². The molecule has 26 heavy (non-hydrogen) atoms. The van der Waals surface area contributed by atoms with Crippen molar-refractivity contribution < 1.29 is 18.6 Å². The first-order valence-electron chi connectivity index (χ1n) is 9.70. The molecule has 5 heteroatoms. The number of carbonyl (C=O) groups excluding carboxylic acids is 1. The highest BCUT2D eigenvalue weighted by Gasteiger charge is 2.29. The van der Waals surface area contributed by atoms with E-state index in [4.69, 9.17) is 9.26 Å². The molecule has 0 bridgehead atoms. The lowest BCUT2D eigenvalue weighted by Crippen LogP contribution is -2.15. The molecule has 1 fully saturated rings. The van der Waals surface area contributed by atoms with E-state index in [1.54, 1.807) is 6.92 Å². The number of hydrogen-bond acceptors (Lipinski definition) is 4. The van der Waals surface area contributed by atoms with Crippen LogP contribution in [0.4, 0.5) is 0 Å². The van der Waals surface area contributed by atoms with Gasteiger partial charge in [0.1, 0.15) is 0 Å². The van der Waals surface area contributed by atoms with E-state index in [1.165, 1.54) is 19.3 Å². The fraction of sp³-hybridized carbons (Fsp3) is 0.571. The SMILES string of the molecule is CCOC(=O)C(=CC1CCCCC1)CP(=O)(Cc1ccccc1)OCC. The van der Waals surface area contributed by atoms with Gasteiger partial charge in [0.05, 0.1) is 25.5 Å². The second kappa shape index (κ2) is 10.7. The number of ether oxygens (including phenoxy) is 1. The van der Waals surface area contributed by atoms with Crippen LogP contribution in [-0.4, -0.2) is 25.3 Å². The second-order valence-electron chi connectivity index (χ2n) is 6.84. The summed E-state index contributed by atoms with van der Waals surface area (Å²) < 4.78 is 24.4. The van der Waals surface area contributed by atoms with Gasteiger partial charge in [-0.15, -0.1) is 0 Å². The Kier molecular flexibility index (Phi) is 8.61. The van der Waals surface area contributed by atoms with E-state index in [2.05, 4.69) is 0 Å². The summed E-state index contributed by atoms with van der Waals surface area (Å²) in [6.07, 6.45) is 8.28. The fourth-order valence-corrected chi connectivity index (χ4v) is 5.78. The van der Waals surface area contributed by atoms with Crippen molar-refractivity contribution in [2.75, 3.05) is 19.4 Å². The Morgan fingerprint density at radius 3 is 2.42 bits per heavy atom. The molecule has 1 atom stereocenters. The summed E-state index contributed by atoms with van der Waals surface area (Å²) in [7, 11) is -3.01. The van der Waals surface area contributed by atoms with E-state index in [-0.39, 0.29) is 12.1 Å². The molecule has 1 unspecified atom stereocenters. The highest BCUT2D eigenvalue weighted by atomic mass is 31.2. The lowest BCUT2D eigenvalue weighted by molar-refractivity contribution is -0.138. The predicted octanol–water partition coefficient (Wildman–Crippen LogP) is 5.57. The quantitative estimate of drug-likeness (QED) is 0.320. The topological polar surface area (TPSA) is 52.6 Å². The molecule has 0 amide bonds. The van der Waals surface area contributed by atoms with Crippen LogP contribution in [0.25, 0.3) is 0 Å². The summed E-state index contributed by atoms with van der Waals surface area (Å²) in [5, 5.41) is 0. The van der Waals surface area contributed by atoms with Gasteiger partial charge in [0.2, 0.25) is 7.37 Å². The average molecular weight is 378 g/mol. The van der Waals surface area contributed by atoms with Crippen LogP contribution in [0.3, 0.4) is 0 Å². The first-order valence-corrected chi connectivity index (χ1v) is 11.7. The van der Waals surface area contributed by atoms with Gasteiger partial charge in [-0.3, -0.25) is 4.57 Å². The zero-order valence-electron chi connectivity index (χ0n) is 16.0. The fourth-order valence-electron chi connectivity index (χ4n) is 3.50. The van der Waals surface area contributed by atoms with Crippen LogP contribution >= 0.6 is 7.37 Å². The molecule has 1 aliphatic rings. The van der Waals surface area contributed by atoms with Crippen LogP contribution in [0, 0.1) is 5.92 Å². The van der Waals surface area contributed by atoms with Crippen molar-refractivity contribution in [1.29, 1.82) is 0 Å². The average Bonchev–Trinajstić information content (AvgIpc) is 2.63. The van der Waals surface area contributed by atoms with Crippen LogP contribution in [-0.2, 0) is 24.8 Å². The monoisotopic (exact) mass is 378 g/mol. The van der Waals surface area contributed by atoms with Gasteiger partial charge in [0.25, 0.3) is 0 Å². The molecule has 4 nitrogen and oxygen atoms in total. The van der Waals surface area contributed by atoms with E-state index in [0.29, 0.717) is 30.9 Å². The van der Waals surface area contributed by atoms with Gasteiger partial charge in [-0.1, -0.05) is 55.7 Å². The molecular formula is C21H31O4P. The molecule has 0 radical (unpaired) electrons. The molecule has 1 aliphatic carbocycles. The third-order valence-electron chi connectivity index (χ3n) is 4.67. The lowest BCUT2D eigenvalue weighted by Gasteiger charge is -2.22. The van der Waals surface area contributed by atoms with Crippen molar-refractivity contribution >= 4 is 13.3 Å². The first-order chi connectivity index (χ1) is 12.6. The Bertz CT molecular complexity index is 633. The standard InChI is InChI=1S/C21H31O4P/c1-3-24-21(22)20(15-18-11-7-5-8-12-18)17-26(23,25-4-2)16-19-13-9-6-10-14-19/h6,9-10,13-15,18H,3-5,7-8,11-12,16-17H2,1-2H3. The molecule has 0 aromatic heterocycles. The highest BCUT2D eigenvalue weighted by Crippen LogP contribution is 2.52. The zero-order chi connectivity index (χ0) is 18.8. The molecule has 0 spiro atoms. The van der Waals surface area contributed by atoms with Crippen molar-refractivity contribution in [3.05, 3.63) is 47.5 Å². The van der Waals surface area contributed by atoms with E-state index >= 15 is 0 Å². The van der Waals surface area contributed by atoms with Crippen molar-refractivity contribution in [1.82, 2.24) is 0 Å². The normalized spacial score (nSPS) is 18.3. The Hall–Kier alpha value is -1.38. The maximum absolute atomic E-state index is 13.5. The molecule has 0 heterocycles. The van der Waals surface area contributed by atoms with Gasteiger partial charge in [0, 0.05) is 5.57 Å². The Balaban J connectivity index is 2.21. The highest BCUT2D eigenvalue weighted by molar-refractivity contribution is 7.58. The maximum atomic E-state index is 13.5. The Morgan fingerprint density at radius 2 is 1.81 bits per heavy atom. The van der Waals surface area contributed by atoms with Crippen LogP contribution in [0.5, 0.6) is 0 Å². The summed E-state index contributed by atoms with van der Waals surface area (Å²) in [5.41, 5.74) is 1.48. The molecule has 144 valence electrons. The van der Waals surface area contributed by atoms with Gasteiger partial charge < -0.3 is 9.26 Å². The second-order valence-corrected chi connectivity index (χ2v) is 9.36. The minimum absolute atomic E-state index is 0.144. The van der Waals surface area contributed by atoms with Crippen LogP contribution in [0.1, 0.15) is 51.5 Å². The van der Waals surface area contributed by atoms with Gasteiger partial charge >= 0.3 is 5.97 Å². The molecule has 2 rings (SSSR count). The molecule has 1 aromatic carbocycles. The van der Waals surface area contributed by atoms with Crippen LogP contribution in [0.15, 0.2) is 42.0 Å². The summed E-state index contributed by atoms with van der Waals surface area (Å²) in [6, 6.07) is 9.68. The molecule has 0 N–H and O–H groups in total. The zero-order valence-corrected chi connectivity index (χ0v) is 16.9. The molecule has 1 aromatic rings. The Labute approximate surface area is 157 Å². The number of rotatable bonds is 9. The molecular weight excluding hydrogens is 347 g/mol. The summed E-state index contributed by atoms with van der Waals surface area (Å²) >= 11 is 0. The van der Waals surface area contributed by atoms with Crippen LogP contribution in [0.2, 0.25) is 0 Å². The first kappa shape index (κ1) is 20.9. The summed E-state index contributed by atoms with van der Waals surface area (Å²) in [4.78, 5) is 12.5. The summed E-state index contributed by atoms with van der Waals surface area (Å²) in [6.45, 7) is 4.32. The van der Waals surface area contributed by atoms with Gasteiger partial charge in [-0.2, -0.15) is 0 Å². The summed E-state index contributed by atoms with van der Waals surface area (Å²) in [5.74, 6) is 0.0148. The van der Waals surface area contributed by atoms with E-state index in [0.717, 1.165) is 18.4 Å². The Morgan fingerprint density at radius 1 is 1.12 bits per heavy atom. The van der Waals surface area contributed by atoms with Crippen molar-refractivity contribution in [3.63, 3.8) is 0 Å². The van der Waals surface area contributed by atoms with Crippen LogP contribution < -0.4 is 0 Å². The smallest absolute Gasteiger partial charge is 0.334 e. The van der Waals surface area contributed by atoms with Crippen molar-refractivity contribution in [2.24, 2.45) is 5.92 Å². The number of esters is 1. The number of allylic oxidation sites excluding steroid dienone is 1. The third kappa shape index (κ3) is 6.74. The number of hydrogen-bond donors (Lipinski definition) is 0. The van der Waals surface area contributed by atoms with Crippen molar-refractivity contribution in [3.8, 4) is 0 Å². The molecule has 0 saturated heterocycles. The third-order valence-corrected chi connectivity index (χ3v) is 7.06. The maximum Gasteiger partial charge on any atom is 0.334 e. The van der Waals surface area contributed by atoms with Gasteiger partial charge in [0.15, 0.2) is 0 Å². The van der Waals surface area contributed by atoms with Gasteiger partial charge in [-0.05, 0) is 38.2 Å². The largest absolute Gasteiger partial charge is 0.463 e. The van der Waals surface area contributed by atoms with E-state index in [9.17, 15) is 9.36 Å². The van der Waals surface area contributed by atoms with E-state index < -0.39 is 7.37 Å². The number of carbonyl (C=O) groups is 1. The minimum atomic E-state index is -3.01. The van der Waals surface area contributed by atoms with Gasteiger partial charge in [-0.25, -0.2) is 4.79 Å². The molecule has 0 aliphatic heterocycles.